The van der Waals surface area contributed by atoms with Gasteiger partial charge in [-0.05, 0) is 0 Å². The molecular formula is C7H12N2O5. The average Bonchev–Trinajstić information content (AvgIpc) is 2.12. The van der Waals surface area contributed by atoms with E-state index in [1.54, 1.807) is 0 Å². The summed E-state index contributed by atoms with van der Waals surface area (Å²) in [4.78, 5) is 31.6. The fraction of sp³-hybridized carbons (Fsp3) is 0.571. The van der Waals surface area contributed by atoms with Crippen LogP contribution >= 0.6 is 0 Å². The minimum Gasteiger partial charge on any atom is -0.480 e. The lowest BCUT2D eigenvalue weighted by Gasteiger charge is -2.04. The SMILES string of the molecule is COCC(=O)NCC(=O)NCC(=O)O. The molecule has 0 heterocycles. The quantitative estimate of drug-likeness (QED) is 0.462. The molecule has 0 fully saturated rings. The first-order valence-corrected chi connectivity index (χ1v) is 3.80. The highest BCUT2D eigenvalue weighted by Crippen LogP contribution is 1.70. The number of carbonyl (C=O) groups excluding carboxylic acids is 2. The summed E-state index contributed by atoms with van der Waals surface area (Å²) >= 11 is 0. The van der Waals surface area contributed by atoms with Gasteiger partial charge in [0.2, 0.25) is 11.8 Å². The third-order valence-electron chi connectivity index (χ3n) is 1.16. The van der Waals surface area contributed by atoms with Gasteiger partial charge in [-0.15, -0.1) is 0 Å². The predicted molar refractivity (Wildman–Crippen MR) is 45.5 cm³/mol. The van der Waals surface area contributed by atoms with Gasteiger partial charge in [0.15, 0.2) is 0 Å². The summed E-state index contributed by atoms with van der Waals surface area (Å²) in [6, 6.07) is 0. The Bertz CT molecular complexity index is 228. The van der Waals surface area contributed by atoms with Gasteiger partial charge in [0.25, 0.3) is 0 Å². The second-order valence-electron chi connectivity index (χ2n) is 2.38. The van der Waals surface area contributed by atoms with E-state index in [0.717, 1.165) is 0 Å². The minimum absolute atomic E-state index is 0.133. The summed E-state index contributed by atoms with van der Waals surface area (Å²) in [6.45, 7) is -0.847. The second kappa shape index (κ2) is 6.84. The zero-order valence-electron chi connectivity index (χ0n) is 7.70. The van der Waals surface area contributed by atoms with Crippen LogP contribution in [-0.4, -0.2) is 49.7 Å². The summed E-state index contributed by atoms with van der Waals surface area (Å²) in [5.74, 6) is -2.13. The summed E-state index contributed by atoms with van der Waals surface area (Å²) in [7, 11) is 1.35. The van der Waals surface area contributed by atoms with Crippen molar-refractivity contribution in [3.63, 3.8) is 0 Å². The number of carbonyl (C=O) groups is 3. The highest BCUT2D eigenvalue weighted by atomic mass is 16.5. The zero-order chi connectivity index (χ0) is 11.0. The molecule has 0 aliphatic heterocycles. The number of methoxy groups -OCH3 is 1. The van der Waals surface area contributed by atoms with Crippen molar-refractivity contribution in [2.45, 2.75) is 0 Å². The van der Waals surface area contributed by atoms with E-state index < -0.39 is 24.3 Å². The monoisotopic (exact) mass is 204 g/mol. The molecule has 0 saturated carbocycles. The van der Waals surface area contributed by atoms with Crippen molar-refractivity contribution in [3.8, 4) is 0 Å². The van der Waals surface area contributed by atoms with Gasteiger partial charge in [0.05, 0.1) is 6.54 Å². The number of aliphatic carboxylic acids is 1. The number of ether oxygens (including phenoxy) is 1. The summed E-state index contributed by atoms with van der Waals surface area (Å²) in [6.07, 6.45) is 0. The Hall–Kier alpha value is -1.63. The molecule has 7 nitrogen and oxygen atoms in total. The van der Waals surface area contributed by atoms with Crippen molar-refractivity contribution in [2.24, 2.45) is 0 Å². The molecule has 0 rings (SSSR count). The van der Waals surface area contributed by atoms with Crippen LogP contribution in [0.3, 0.4) is 0 Å². The van der Waals surface area contributed by atoms with Gasteiger partial charge in [-0.1, -0.05) is 0 Å². The Morgan fingerprint density at radius 1 is 1.14 bits per heavy atom. The Labute approximate surface area is 80.4 Å². The van der Waals surface area contributed by atoms with Crippen LogP contribution in [0, 0.1) is 0 Å². The maximum absolute atomic E-state index is 10.8. The van der Waals surface area contributed by atoms with Crippen LogP contribution in [0.4, 0.5) is 0 Å². The number of carboxylic acids is 1. The van der Waals surface area contributed by atoms with E-state index in [1.165, 1.54) is 7.11 Å². The lowest BCUT2D eigenvalue weighted by molar-refractivity contribution is -0.137. The van der Waals surface area contributed by atoms with Crippen molar-refractivity contribution in [2.75, 3.05) is 26.8 Å². The standard InChI is InChI=1S/C7H12N2O5/c1-14-4-6(11)8-2-5(10)9-3-7(12)13/h2-4H2,1H3,(H,8,11)(H,9,10)(H,12,13). The first kappa shape index (κ1) is 12.4. The van der Waals surface area contributed by atoms with Crippen LogP contribution in [0.1, 0.15) is 0 Å². The lowest BCUT2D eigenvalue weighted by atomic mass is 10.5. The van der Waals surface area contributed by atoms with E-state index >= 15 is 0 Å². The molecule has 7 heteroatoms. The molecule has 0 aliphatic rings. The fourth-order valence-corrected chi connectivity index (χ4v) is 0.598. The predicted octanol–water partition coefficient (Wildman–Crippen LogP) is -2.05. The van der Waals surface area contributed by atoms with E-state index in [4.69, 9.17) is 5.11 Å². The van der Waals surface area contributed by atoms with Gasteiger partial charge >= 0.3 is 5.97 Å². The van der Waals surface area contributed by atoms with E-state index in [-0.39, 0.29) is 13.2 Å². The number of hydrogen-bond acceptors (Lipinski definition) is 4. The first-order valence-electron chi connectivity index (χ1n) is 3.80. The van der Waals surface area contributed by atoms with Gasteiger partial charge in [-0.2, -0.15) is 0 Å². The fourth-order valence-electron chi connectivity index (χ4n) is 0.598. The highest BCUT2D eigenvalue weighted by Gasteiger charge is 2.05. The number of rotatable bonds is 6. The van der Waals surface area contributed by atoms with Gasteiger partial charge in [0, 0.05) is 7.11 Å². The summed E-state index contributed by atoms with van der Waals surface area (Å²) in [5.41, 5.74) is 0. The highest BCUT2D eigenvalue weighted by molar-refractivity contribution is 5.86. The maximum atomic E-state index is 10.8. The molecule has 80 valence electrons. The first-order chi connectivity index (χ1) is 6.56. The number of amides is 2. The van der Waals surface area contributed by atoms with Gasteiger partial charge < -0.3 is 20.5 Å². The van der Waals surface area contributed by atoms with Crippen LogP contribution in [-0.2, 0) is 19.1 Å². The summed E-state index contributed by atoms with van der Waals surface area (Å²) < 4.78 is 4.50. The van der Waals surface area contributed by atoms with Crippen LogP contribution < -0.4 is 10.6 Å². The Kier molecular flexibility index (Phi) is 6.04. The maximum Gasteiger partial charge on any atom is 0.322 e. The average molecular weight is 204 g/mol. The van der Waals surface area contributed by atoms with Crippen molar-refractivity contribution >= 4 is 17.8 Å². The molecule has 0 aromatic carbocycles. The lowest BCUT2D eigenvalue weighted by Crippen LogP contribution is -2.40. The molecule has 0 aromatic heterocycles. The smallest absolute Gasteiger partial charge is 0.322 e. The van der Waals surface area contributed by atoms with E-state index in [0.29, 0.717) is 0 Å². The van der Waals surface area contributed by atoms with Crippen LogP contribution in [0.5, 0.6) is 0 Å². The van der Waals surface area contributed by atoms with Gasteiger partial charge in [-0.25, -0.2) is 0 Å². The third kappa shape index (κ3) is 7.04. The molecule has 0 unspecified atom stereocenters. The molecule has 0 atom stereocenters. The van der Waals surface area contributed by atoms with Crippen molar-refractivity contribution < 1.29 is 24.2 Å². The number of nitrogens with one attached hydrogen (secondary N) is 2. The molecule has 0 saturated heterocycles. The van der Waals surface area contributed by atoms with E-state index in [2.05, 4.69) is 15.4 Å². The van der Waals surface area contributed by atoms with Crippen LogP contribution in [0.15, 0.2) is 0 Å². The molecular weight excluding hydrogens is 192 g/mol. The normalized spacial score (nSPS) is 9.21. The van der Waals surface area contributed by atoms with E-state index in [1.807, 2.05) is 0 Å². The van der Waals surface area contributed by atoms with Crippen molar-refractivity contribution in [3.05, 3.63) is 0 Å². The Morgan fingerprint density at radius 2 is 1.71 bits per heavy atom. The zero-order valence-corrected chi connectivity index (χ0v) is 7.70. The molecule has 0 aliphatic carbocycles. The van der Waals surface area contributed by atoms with Crippen molar-refractivity contribution in [1.29, 1.82) is 0 Å². The Morgan fingerprint density at radius 3 is 2.21 bits per heavy atom. The minimum atomic E-state index is -1.14. The molecule has 14 heavy (non-hydrogen) atoms. The van der Waals surface area contributed by atoms with E-state index in [9.17, 15) is 14.4 Å². The molecule has 0 radical (unpaired) electrons. The van der Waals surface area contributed by atoms with Gasteiger partial charge in [0.1, 0.15) is 13.2 Å². The molecule has 2 amide bonds. The Balaban J connectivity index is 3.53. The third-order valence-corrected chi connectivity index (χ3v) is 1.16. The molecule has 3 N–H and O–H groups in total. The molecule has 0 bridgehead atoms. The van der Waals surface area contributed by atoms with Gasteiger partial charge in [-0.3, -0.25) is 14.4 Å². The number of hydrogen-bond donors (Lipinski definition) is 3. The topological polar surface area (TPSA) is 105 Å². The van der Waals surface area contributed by atoms with Crippen LogP contribution in [0.2, 0.25) is 0 Å². The second-order valence-corrected chi connectivity index (χ2v) is 2.38. The summed E-state index contributed by atoms with van der Waals surface area (Å²) in [5, 5.41) is 12.5. The molecule has 0 spiro atoms. The van der Waals surface area contributed by atoms with Crippen molar-refractivity contribution in [1.82, 2.24) is 10.6 Å². The molecule has 0 aromatic rings. The number of carboxylic acid groups (broad SMARTS) is 1. The van der Waals surface area contributed by atoms with Crippen LogP contribution in [0.25, 0.3) is 0 Å². The largest absolute Gasteiger partial charge is 0.480 e.